The van der Waals surface area contributed by atoms with Gasteiger partial charge in [0.15, 0.2) is 9.84 Å². The van der Waals surface area contributed by atoms with Crippen molar-refractivity contribution >= 4 is 21.7 Å². The van der Waals surface area contributed by atoms with Crippen molar-refractivity contribution < 1.29 is 32.7 Å². The number of ether oxygens (including phenoxy) is 2. The molecule has 0 aliphatic carbocycles. The summed E-state index contributed by atoms with van der Waals surface area (Å²) in [5.41, 5.74) is 0.293. The van der Waals surface area contributed by atoms with Gasteiger partial charge in [0.25, 0.3) is 5.91 Å². The van der Waals surface area contributed by atoms with E-state index in [-0.39, 0.29) is 11.4 Å². The maximum Gasteiger partial charge on any atom is 0.266 e. The number of para-hydroxylation sites is 1. The summed E-state index contributed by atoms with van der Waals surface area (Å²) >= 11 is 0. The van der Waals surface area contributed by atoms with Crippen molar-refractivity contribution in [1.29, 1.82) is 0 Å². The number of hydrogen-bond donors (Lipinski definition) is 3. The van der Waals surface area contributed by atoms with Gasteiger partial charge in [-0.3, -0.25) is 19.7 Å². The fourth-order valence-electron chi connectivity index (χ4n) is 3.85. The third-order valence-corrected chi connectivity index (χ3v) is 7.77. The van der Waals surface area contributed by atoms with Crippen LogP contribution in [0.5, 0.6) is 11.5 Å². The third-order valence-electron chi connectivity index (χ3n) is 5.65. The Hall–Kier alpha value is -2.99. The Balaban J connectivity index is 1.70. The second-order valence-corrected chi connectivity index (χ2v) is 11.0. The Morgan fingerprint density at radius 2 is 1.66 bits per heavy atom. The summed E-state index contributed by atoms with van der Waals surface area (Å²) in [5, 5.41) is 11.8. The smallest absolute Gasteiger partial charge is 0.266 e. The molecule has 2 aromatic rings. The summed E-state index contributed by atoms with van der Waals surface area (Å²) < 4.78 is 37.3. The van der Waals surface area contributed by atoms with E-state index < -0.39 is 38.9 Å². The van der Waals surface area contributed by atoms with E-state index in [1.807, 2.05) is 23.1 Å². The molecule has 1 atom stereocenters. The van der Waals surface area contributed by atoms with Crippen LogP contribution in [0, 0.1) is 5.41 Å². The molecular formula is C24H31N3O7S. The lowest BCUT2D eigenvalue weighted by Crippen LogP contribution is -2.57. The number of nitrogens with one attached hydrogen (secondary N) is 2. The number of rotatable bonds is 10. The lowest BCUT2D eigenvalue weighted by molar-refractivity contribution is -0.138. The largest absolute Gasteiger partial charge is 0.457 e. The minimum atomic E-state index is -3.85. The molecule has 1 saturated heterocycles. The first-order valence-corrected chi connectivity index (χ1v) is 12.8. The molecule has 1 unspecified atom stereocenters. The van der Waals surface area contributed by atoms with Gasteiger partial charge in [0.05, 0.1) is 30.4 Å². The number of morpholine rings is 1. The van der Waals surface area contributed by atoms with E-state index in [2.05, 4.69) is 5.32 Å². The van der Waals surface area contributed by atoms with Gasteiger partial charge in [0.2, 0.25) is 5.91 Å². The fourth-order valence-corrected chi connectivity index (χ4v) is 5.71. The molecular weight excluding hydrogens is 474 g/mol. The van der Waals surface area contributed by atoms with Gasteiger partial charge < -0.3 is 14.8 Å². The van der Waals surface area contributed by atoms with Gasteiger partial charge in [-0.05, 0) is 36.4 Å². The van der Waals surface area contributed by atoms with Crippen LogP contribution >= 0.6 is 0 Å². The van der Waals surface area contributed by atoms with Gasteiger partial charge >= 0.3 is 0 Å². The molecule has 0 spiro atoms. The van der Waals surface area contributed by atoms with E-state index in [0.29, 0.717) is 37.8 Å². The van der Waals surface area contributed by atoms with Gasteiger partial charge in [0, 0.05) is 18.5 Å². The molecule has 3 N–H and O–H groups in total. The minimum absolute atomic E-state index is 0.0320. The average molecular weight is 506 g/mol. The standard InChI is InChI=1S/C24H31N3O7S/c1-24(2,22(23(29)26-30)25-21(28)16-27-12-14-33-15-13-27)17-35(31,32)20-10-8-19(9-11-20)34-18-6-4-3-5-7-18/h3-11,22,30H,12-17H2,1-2H3,(H,25,28)(H,26,29). The highest BCUT2D eigenvalue weighted by molar-refractivity contribution is 7.91. The van der Waals surface area contributed by atoms with Crippen molar-refractivity contribution in [2.45, 2.75) is 24.8 Å². The predicted octanol–water partition coefficient (Wildman–Crippen LogP) is 1.60. The van der Waals surface area contributed by atoms with Gasteiger partial charge in [0.1, 0.15) is 17.5 Å². The second-order valence-electron chi connectivity index (χ2n) is 9.00. The van der Waals surface area contributed by atoms with Crippen LogP contribution < -0.4 is 15.5 Å². The summed E-state index contributed by atoms with van der Waals surface area (Å²) in [4.78, 5) is 26.9. The Labute approximate surface area is 205 Å². The van der Waals surface area contributed by atoms with Gasteiger partial charge in [-0.15, -0.1) is 0 Å². The Bertz CT molecular complexity index is 1100. The number of hydrogen-bond acceptors (Lipinski definition) is 8. The van der Waals surface area contributed by atoms with Crippen LogP contribution in [0.15, 0.2) is 59.5 Å². The number of benzene rings is 2. The van der Waals surface area contributed by atoms with Crippen LogP contribution in [0.2, 0.25) is 0 Å². The fraction of sp³-hybridized carbons (Fsp3) is 0.417. The van der Waals surface area contributed by atoms with Crippen LogP contribution in [-0.4, -0.2) is 75.0 Å². The van der Waals surface area contributed by atoms with Crippen LogP contribution in [0.3, 0.4) is 0 Å². The highest BCUT2D eigenvalue weighted by Gasteiger charge is 2.40. The average Bonchev–Trinajstić information content (AvgIpc) is 2.83. The third kappa shape index (κ3) is 7.49. The predicted molar refractivity (Wildman–Crippen MR) is 128 cm³/mol. The van der Waals surface area contributed by atoms with E-state index in [1.165, 1.54) is 17.6 Å². The number of carbonyl (C=O) groups is 2. The van der Waals surface area contributed by atoms with E-state index in [1.54, 1.807) is 38.1 Å². The SMILES string of the molecule is CC(C)(CS(=O)(=O)c1ccc(Oc2ccccc2)cc1)C(NC(=O)CN1CCOCC1)C(=O)NO. The quantitative estimate of drug-likeness (QED) is 0.327. The van der Waals surface area contributed by atoms with Crippen molar-refractivity contribution in [2.24, 2.45) is 5.41 Å². The van der Waals surface area contributed by atoms with Crippen molar-refractivity contribution in [3.63, 3.8) is 0 Å². The van der Waals surface area contributed by atoms with Crippen LogP contribution in [0.1, 0.15) is 13.8 Å². The van der Waals surface area contributed by atoms with Crippen LogP contribution in [-0.2, 0) is 24.2 Å². The zero-order valence-corrected chi connectivity index (χ0v) is 20.6. The first-order chi connectivity index (χ1) is 16.6. The highest BCUT2D eigenvalue weighted by atomic mass is 32.2. The van der Waals surface area contributed by atoms with Crippen molar-refractivity contribution in [3.8, 4) is 11.5 Å². The van der Waals surface area contributed by atoms with Crippen LogP contribution in [0.25, 0.3) is 0 Å². The van der Waals surface area contributed by atoms with E-state index in [4.69, 9.17) is 9.47 Å². The van der Waals surface area contributed by atoms with Crippen molar-refractivity contribution in [3.05, 3.63) is 54.6 Å². The summed E-state index contributed by atoms with van der Waals surface area (Å²) in [5.74, 6) is -0.702. The normalized spacial score (nSPS) is 15.7. The molecule has 0 aromatic heterocycles. The molecule has 1 aliphatic heterocycles. The first kappa shape index (κ1) is 26.6. The van der Waals surface area contributed by atoms with Crippen molar-refractivity contribution in [2.75, 3.05) is 38.6 Å². The molecule has 0 bridgehead atoms. The Kier molecular flexibility index (Phi) is 8.84. The minimum Gasteiger partial charge on any atom is -0.457 e. The van der Waals surface area contributed by atoms with E-state index in [0.717, 1.165) is 0 Å². The molecule has 1 fully saturated rings. The molecule has 0 radical (unpaired) electrons. The van der Waals surface area contributed by atoms with Crippen molar-refractivity contribution in [1.82, 2.24) is 15.7 Å². The molecule has 2 aromatic carbocycles. The van der Waals surface area contributed by atoms with Crippen LogP contribution in [0.4, 0.5) is 0 Å². The maximum absolute atomic E-state index is 13.2. The molecule has 1 heterocycles. The molecule has 10 nitrogen and oxygen atoms in total. The number of amides is 2. The first-order valence-electron chi connectivity index (χ1n) is 11.2. The number of sulfone groups is 1. The monoisotopic (exact) mass is 505 g/mol. The molecule has 2 amide bonds. The molecule has 3 rings (SSSR count). The topological polar surface area (TPSA) is 134 Å². The Morgan fingerprint density at radius 3 is 2.26 bits per heavy atom. The number of nitrogens with zero attached hydrogens (tertiary/aromatic N) is 1. The summed E-state index contributed by atoms with van der Waals surface area (Å²) in [7, 11) is -3.85. The Morgan fingerprint density at radius 1 is 1.06 bits per heavy atom. The highest BCUT2D eigenvalue weighted by Crippen LogP contribution is 2.29. The van der Waals surface area contributed by atoms with Gasteiger partial charge in [-0.25, -0.2) is 13.9 Å². The number of carbonyl (C=O) groups excluding carboxylic acids is 2. The maximum atomic E-state index is 13.2. The molecule has 1 aliphatic rings. The zero-order chi connectivity index (χ0) is 25.5. The summed E-state index contributed by atoms with van der Waals surface area (Å²) in [6.07, 6.45) is 0. The lowest BCUT2D eigenvalue weighted by Gasteiger charge is -2.34. The number of hydroxylamine groups is 1. The van der Waals surface area contributed by atoms with E-state index >= 15 is 0 Å². The zero-order valence-electron chi connectivity index (χ0n) is 19.8. The molecule has 35 heavy (non-hydrogen) atoms. The second kappa shape index (κ2) is 11.6. The molecule has 11 heteroatoms. The molecule has 190 valence electrons. The summed E-state index contributed by atoms with van der Waals surface area (Å²) in [6.45, 7) is 5.29. The summed E-state index contributed by atoms with van der Waals surface area (Å²) in [6, 6.07) is 13.8. The van der Waals surface area contributed by atoms with E-state index in [9.17, 15) is 23.2 Å². The van der Waals surface area contributed by atoms with Gasteiger partial charge in [-0.2, -0.15) is 0 Å². The van der Waals surface area contributed by atoms with Gasteiger partial charge in [-0.1, -0.05) is 32.0 Å². The molecule has 0 saturated carbocycles. The lowest BCUT2D eigenvalue weighted by atomic mass is 9.86.